The minimum atomic E-state index is -4.59. The molecule has 0 radical (unpaired) electrons. The monoisotopic (exact) mass is 332 g/mol. The number of carbonyl (C=O) groups excluding carboxylic acids is 2. The molecule has 1 aliphatic rings. The van der Waals surface area contributed by atoms with Crippen LogP contribution in [-0.4, -0.2) is 46.2 Å². The van der Waals surface area contributed by atoms with Crippen LogP contribution in [0.2, 0.25) is 0 Å². The first kappa shape index (κ1) is 17.3. The number of hydrogen-bond donors (Lipinski definition) is 2. The molecule has 0 saturated carbocycles. The van der Waals surface area contributed by atoms with E-state index in [0.717, 1.165) is 4.90 Å². The Kier molecular flexibility index (Phi) is 4.16. The number of likely N-dealkylation sites (tertiary alicyclic amines) is 1. The Morgan fingerprint density at radius 2 is 1.91 bits per heavy atom. The highest BCUT2D eigenvalue weighted by atomic mass is 19.4. The second-order valence-electron chi connectivity index (χ2n) is 6.78. The van der Waals surface area contributed by atoms with Crippen molar-refractivity contribution in [1.82, 2.24) is 15.1 Å². The molecule has 0 unspecified atom stereocenters. The molecule has 1 fully saturated rings. The molecule has 2 rings (SSSR count). The van der Waals surface area contributed by atoms with E-state index in [-0.39, 0.29) is 17.7 Å². The maximum Gasteiger partial charge on any atom is 0.394 e. The molecule has 6 nitrogen and oxygen atoms in total. The summed E-state index contributed by atoms with van der Waals surface area (Å²) < 4.78 is 39.0. The zero-order chi connectivity index (χ0) is 17.6. The Bertz CT molecular complexity index is 618. The lowest BCUT2D eigenvalue weighted by molar-refractivity contribution is -0.182. The van der Waals surface area contributed by atoms with Crippen LogP contribution in [0, 0.1) is 11.8 Å². The lowest BCUT2D eigenvalue weighted by atomic mass is 9.92. The first-order valence-electron chi connectivity index (χ1n) is 7.12. The van der Waals surface area contributed by atoms with Crippen LogP contribution in [0.3, 0.4) is 0 Å². The molecule has 3 N–H and O–H groups in total. The van der Waals surface area contributed by atoms with E-state index in [2.05, 4.69) is 10.2 Å². The van der Waals surface area contributed by atoms with Crippen molar-refractivity contribution in [2.24, 2.45) is 17.6 Å². The number of nitrogens with one attached hydrogen (secondary N) is 1. The highest BCUT2D eigenvalue weighted by molar-refractivity contribution is 5.93. The van der Waals surface area contributed by atoms with Gasteiger partial charge >= 0.3 is 6.18 Å². The van der Waals surface area contributed by atoms with Crippen LogP contribution in [0.5, 0.6) is 0 Å². The summed E-state index contributed by atoms with van der Waals surface area (Å²) in [6.45, 7) is 4.79. The van der Waals surface area contributed by atoms with Gasteiger partial charge < -0.3 is 10.6 Å². The van der Waals surface area contributed by atoms with Gasteiger partial charge in [-0.3, -0.25) is 14.7 Å². The van der Waals surface area contributed by atoms with Crippen molar-refractivity contribution in [3.05, 3.63) is 17.5 Å². The number of aromatic amines is 1. The Morgan fingerprint density at radius 3 is 2.30 bits per heavy atom. The SMILES string of the molecule is CC(C)(C)c1cc(C(=O)N2C[C@@H](C(F)(F)F)[C@H](C(N)=O)C2)n[nH]1. The van der Waals surface area contributed by atoms with Crippen molar-refractivity contribution >= 4 is 11.8 Å². The van der Waals surface area contributed by atoms with E-state index in [1.165, 1.54) is 6.07 Å². The fraction of sp³-hybridized carbons (Fsp3) is 0.643. The molecule has 1 aliphatic heterocycles. The zero-order valence-corrected chi connectivity index (χ0v) is 13.1. The number of nitrogens with two attached hydrogens (primary N) is 1. The van der Waals surface area contributed by atoms with Crippen molar-refractivity contribution in [2.75, 3.05) is 13.1 Å². The fourth-order valence-corrected chi connectivity index (χ4v) is 2.57. The summed E-state index contributed by atoms with van der Waals surface area (Å²) in [5, 5.41) is 6.58. The van der Waals surface area contributed by atoms with Gasteiger partial charge in [-0.25, -0.2) is 0 Å². The molecular weight excluding hydrogens is 313 g/mol. The Balaban J connectivity index is 2.21. The normalized spacial score (nSPS) is 22.4. The third kappa shape index (κ3) is 3.48. The number of alkyl halides is 3. The standard InChI is InChI=1S/C14H19F3N4O2/c1-13(2,3)10-4-9(19-20-10)12(23)21-5-7(11(18)22)8(6-21)14(15,16)17/h4,7-8H,5-6H2,1-3H3,(H2,18,22)(H,19,20)/t7-,8-/m1/s1. The first-order valence-corrected chi connectivity index (χ1v) is 7.12. The topological polar surface area (TPSA) is 92.1 Å². The summed E-state index contributed by atoms with van der Waals surface area (Å²) in [4.78, 5) is 24.6. The third-order valence-electron chi connectivity index (χ3n) is 4.00. The molecule has 1 aromatic rings. The molecular formula is C14H19F3N4O2. The van der Waals surface area contributed by atoms with Gasteiger partial charge in [0.25, 0.3) is 5.91 Å². The van der Waals surface area contributed by atoms with Gasteiger partial charge in [0.05, 0.1) is 11.8 Å². The summed E-state index contributed by atoms with van der Waals surface area (Å²) in [6.07, 6.45) is -4.59. The minimum absolute atomic E-state index is 0.0287. The number of hydrogen-bond acceptors (Lipinski definition) is 3. The molecule has 128 valence electrons. The van der Waals surface area contributed by atoms with Gasteiger partial charge in [0.15, 0.2) is 0 Å². The second-order valence-corrected chi connectivity index (χ2v) is 6.78. The second kappa shape index (κ2) is 5.54. The molecule has 0 aliphatic carbocycles. The average molecular weight is 332 g/mol. The highest BCUT2D eigenvalue weighted by Crippen LogP contribution is 2.38. The molecule has 0 aromatic carbocycles. The minimum Gasteiger partial charge on any atom is -0.369 e. The Hall–Kier alpha value is -2.06. The number of halogens is 3. The van der Waals surface area contributed by atoms with E-state index in [0.29, 0.717) is 5.69 Å². The van der Waals surface area contributed by atoms with E-state index >= 15 is 0 Å². The van der Waals surface area contributed by atoms with Gasteiger partial charge in [-0.15, -0.1) is 0 Å². The maximum atomic E-state index is 13.0. The van der Waals surface area contributed by atoms with Crippen molar-refractivity contribution < 1.29 is 22.8 Å². The molecule has 1 aromatic heterocycles. The van der Waals surface area contributed by atoms with E-state index < -0.39 is 36.4 Å². The quantitative estimate of drug-likeness (QED) is 0.858. The van der Waals surface area contributed by atoms with Crippen LogP contribution >= 0.6 is 0 Å². The maximum absolute atomic E-state index is 13.0. The zero-order valence-electron chi connectivity index (χ0n) is 13.1. The molecule has 1 saturated heterocycles. The van der Waals surface area contributed by atoms with E-state index in [9.17, 15) is 22.8 Å². The summed E-state index contributed by atoms with van der Waals surface area (Å²) in [7, 11) is 0. The van der Waals surface area contributed by atoms with Crippen molar-refractivity contribution in [3.8, 4) is 0 Å². The van der Waals surface area contributed by atoms with Crippen molar-refractivity contribution in [1.29, 1.82) is 0 Å². The number of primary amides is 1. The molecule has 2 heterocycles. The molecule has 0 spiro atoms. The largest absolute Gasteiger partial charge is 0.394 e. The predicted octanol–water partition coefficient (Wildman–Crippen LogP) is 1.44. The first-order chi connectivity index (χ1) is 10.4. The average Bonchev–Trinajstić information content (AvgIpc) is 3.04. The number of nitrogens with zero attached hydrogens (tertiary/aromatic N) is 2. The fourth-order valence-electron chi connectivity index (χ4n) is 2.57. The Labute approximate surface area is 131 Å². The third-order valence-corrected chi connectivity index (χ3v) is 4.00. The highest BCUT2D eigenvalue weighted by Gasteiger charge is 2.53. The van der Waals surface area contributed by atoms with Crippen molar-refractivity contribution in [3.63, 3.8) is 0 Å². The lowest BCUT2D eigenvalue weighted by Gasteiger charge is -2.18. The summed E-state index contributed by atoms with van der Waals surface area (Å²) in [6, 6.07) is 1.52. The lowest BCUT2D eigenvalue weighted by Crippen LogP contribution is -2.37. The molecule has 23 heavy (non-hydrogen) atoms. The predicted molar refractivity (Wildman–Crippen MR) is 75.4 cm³/mol. The van der Waals surface area contributed by atoms with Gasteiger partial charge in [-0.2, -0.15) is 18.3 Å². The van der Waals surface area contributed by atoms with Crippen LogP contribution in [0.1, 0.15) is 37.0 Å². The summed E-state index contributed by atoms with van der Waals surface area (Å²) in [5.41, 5.74) is 5.49. The summed E-state index contributed by atoms with van der Waals surface area (Å²) in [5.74, 6) is -5.07. The van der Waals surface area contributed by atoms with Gasteiger partial charge in [0.1, 0.15) is 5.69 Å². The molecule has 0 bridgehead atoms. The van der Waals surface area contributed by atoms with Crippen LogP contribution in [0.25, 0.3) is 0 Å². The van der Waals surface area contributed by atoms with Gasteiger partial charge in [0.2, 0.25) is 5.91 Å². The van der Waals surface area contributed by atoms with Crippen LogP contribution in [-0.2, 0) is 10.2 Å². The molecule has 9 heteroatoms. The number of amides is 2. The summed E-state index contributed by atoms with van der Waals surface area (Å²) >= 11 is 0. The molecule has 2 atom stereocenters. The number of rotatable bonds is 2. The van der Waals surface area contributed by atoms with Crippen LogP contribution < -0.4 is 5.73 Å². The molecule has 2 amide bonds. The number of aromatic nitrogens is 2. The van der Waals surface area contributed by atoms with Crippen LogP contribution in [0.4, 0.5) is 13.2 Å². The van der Waals surface area contributed by atoms with Crippen molar-refractivity contribution in [2.45, 2.75) is 32.4 Å². The smallest absolute Gasteiger partial charge is 0.369 e. The Morgan fingerprint density at radius 1 is 1.30 bits per heavy atom. The van der Waals surface area contributed by atoms with E-state index in [4.69, 9.17) is 5.73 Å². The number of H-pyrrole nitrogens is 1. The van der Waals surface area contributed by atoms with E-state index in [1.54, 1.807) is 0 Å². The van der Waals surface area contributed by atoms with Crippen LogP contribution in [0.15, 0.2) is 6.07 Å². The number of carbonyl (C=O) groups is 2. The van der Waals surface area contributed by atoms with Gasteiger partial charge in [0, 0.05) is 24.2 Å². The van der Waals surface area contributed by atoms with Gasteiger partial charge in [-0.1, -0.05) is 20.8 Å². The van der Waals surface area contributed by atoms with E-state index in [1.807, 2.05) is 20.8 Å². The van der Waals surface area contributed by atoms with Gasteiger partial charge in [-0.05, 0) is 6.07 Å².